The number of nitrogens with one attached hydrogen (secondary N) is 1. The van der Waals surface area contributed by atoms with Crippen LogP contribution in [0.15, 0.2) is 36.5 Å². The zero-order valence-electron chi connectivity index (χ0n) is 14.2. The molecule has 3 rings (SSSR count). The number of nitrogens with two attached hydrogens (primary N) is 1. The largest absolute Gasteiger partial charge is 0.381 e. The van der Waals surface area contributed by atoms with E-state index in [1.54, 1.807) is 6.20 Å². The van der Waals surface area contributed by atoms with Crippen LogP contribution >= 0.6 is 12.4 Å². The molecular formula is C18H23ClN4O2. The molecule has 0 spiro atoms. The predicted octanol–water partition coefficient (Wildman–Crippen LogP) is 2.57. The van der Waals surface area contributed by atoms with Gasteiger partial charge in [-0.25, -0.2) is 9.97 Å². The molecule has 1 amide bonds. The van der Waals surface area contributed by atoms with E-state index < -0.39 is 5.41 Å². The van der Waals surface area contributed by atoms with E-state index in [4.69, 9.17) is 10.5 Å². The molecule has 0 unspecified atom stereocenters. The first-order chi connectivity index (χ1) is 11.6. The summed E-state index contributed by atoms with van der Waals surface area (Å²) in [4.78, 5) is 21.3. The second-order valence-corrected chi connectivity index (χ2v) is 6.12. The number of nitrogens with zero attached hydrogens (tertiary/aromatic N) is 2. The van der Waals surface area contributed by atoms with Crippen molar-refractivity contribution >= 4 is 24.0 Å². The van der Waals surface area contributed by atoms with Gasteiger partial charge in [0, 0.05) is 37.2 Å². The molecule has 134 valence electrons. The Balaban J connectivity index is 0.00000225. The number of hydrogen-bond donors (Lipinski definition) is 2. The third-order valence-electron chi connectivity index (χ3n) is 4.51. The van der Waals surface area contributed by atoms with Gasteiger partial charge in [0.15, 0.2) is 0 Å². The van der Waals surface area contributed by atoms with Crippen molar-refractivity contribution in [2.75, 3.05) is 25.1 Å². The number of aromatic nitrogens is 2. The molecule has 3 N–H and O–H groups in total. The van der Waals surface area contributed by atoms with E-state index in [0.29, 0.717) is 38.4 Å². The molecule has 2 heterocycles. The van der Waals surface area contributed by atoms with Gasteiger partial charge in [0.1, 0.15) is 5.82 Å². The molecule has 0 aliphatic carbocycles. The Morgan fingerprint density at radius 1 is 1.32 bits per heavy atom. The van der Waals surface area contributed by atoms with Gasteiger partial charge in [-0.05, 0) is 38.0 Å². The lowest BCUT2D eigenvalue weighted by Crippen LogP contribution is -2.46. The van der Waals surface area contributed by atoms with Gasteiger partial charge in [-0.2, -0.15) is 0 Å². The quantitative estimate of drug-likeness (QED) is 0.872. The number of benzene rings is 1. The second kappa shape index (κ2) is 8.38. The lowest BCUT2D eigenvalue weighted by atomic mass is 9.79. The number of anilines is 1. The molecule has 7 heteroatoms. The maximum atomic E-state index is 12.8. The van der Waals surface area contributed by atoms with Crippen LogP contribution in [0, 0.1) is 12.3 Å². The summed E-state index contributed by atoms with van der Waals surface area (Å²) in [5, 5.41) is 3.01. The van der Waals surface area contributed by atoms with Crippen LogP contribution in [0.2, 0.25) is 0 Å². The monoisotopic (exact) mass is 362 g/mol. The number of ether oxygens (including phenoxy) is 1. The van der Waals surface area contributed by atoms with Gasteiger partial charge >= 0.3 is 0 Å². The van der Waals surface area contributed by atoms with Crippen molar-refractivity contribution in [1.82, 2.24) is 9.97 Å². The average molecular weight is 363 g/mol. The highest BCUT2D eigenvalue weighted by Gasteiger charge is 2.38. The van der Waals surface area contributed by atoms with Gasteiger partial charge in [-0.15, -0.1) is 12.4 Å². The number of carbonyl (C=O) groups is 1. The summed E-state index contributed by atoms with van der Waals surface area (Å²) in [6, 6.07) is 9.52. The smallest absolute Gasteiger partial charge is 0.232 e. The minimum absolute atomic E-state index is 0. The third kappa shape index (κ3) is 4.34. The van der Waals surface area contributed by atoms with Crippen molar-refractivity contribution in [3.63, 3.8) is 0 Å². The van der Waals surface area contributed by atoms with Crippen LogP contribution in [-0.2, 0) is 9.53 Å². The van der Waals surface area contributed by atoms with E-state index in [-0.39, 0.29) is 18.3 Å². The van der Waals surface area contributed by atoms with Crippen molar-refractivity contribution < 1.29 is 9.53 Å². The third-order valence-corrected chi connectivity index (χ3v) is 4.51. The fourth-order valence-electron chi connectivity index (χ4n) is 2.92. The van der Waals surface area contributed by atoms with Gasteiger partial charge in [0.05, 0.1) is 11.1 Å². The van der Waals surface area contributed by atoms with Crippen LogP contribution in [0.3, 0.4) is 0 Å². The molecule has 25 heavy (non-hydrogen) atoms. The molecule has 0 saturated carbocycles. The molecule has 1 aliphatic heterocycles. The molecule has 1 aliphatic rings. The standard InChI is InChI=1S/C18H22N4O2.ClH/c1-13-20-8-5-16(21-13)14-3-2-4-15(11-14)22-17(23)18(12-19)6-9-24-10-7-18;/h2-5,8,11H,6-7,9-10,12,19H2,1H3,(H,22,23);1H. The van der Waals surface area contributed by atoms with Crippen LogP contribution in [0.5, 0.6) is 0 Å². The van der Waals surface area contributed by atoms with Gasteiger partial charge in [0.25, 0.3) is 0 Å². The summed E-state index contributed by atoms with van der Waals surface area (Å²) < 4.78 is 5.37. The van der Waals surface area contributed by atoms with Crippen LogP contribution in [0.25, 0.3) is 11.3 Å². The van der Waals surface area contributed by atoms with Crippen molar-refractivity contribution in [3.05, 3.63) is 42.4 Å². The molecule has 2 aromatic rings. The van der Waals surface area contributed by atoms with Crippen LogP contribution in [0.4, 0.5) is 5.69 Å². The highest BCUT2D eigenvalue weighted by atomic mass is 35.5. The minimum Gasteiger partial charge on any atom is -0.381 e. The van der Waals surface area contributed by atoms with E-state index >= 15 is 0 Å². The Kier molecular flexibility index (Phi) is 6.47. The fourth-order valence-corrected chi connectivity index (χ4v) is 2.92. The van der Waals surface area contributed by atoms with E-state index in [0.717, 1.165) is 16.9 Å². The van der Waals surface area contributed by atoms with E-state index in [9.17, 15) is 4.79 Å². The van der Waals surface area contributed by atoms with Crippen molar-refractivity contribution in [2.45, 2.75) is 19.8 Å². The van der Waals surface area contributed by atoms with Gasteiger partial charge in [-0.3, -0.25) is 4.79 Å². The lowest BCUT2D eigenvalue weighted by Gasteiger charge is -2.34. The molecule has 0 radical (unpaired) electrons. The summed E-state index contributed by atoms with van der Waals surface area (Å²) in [5.41, 5.74) is 7.87. The predicted molar refractivity (Wildman–Crippen MR) is 99.6 cm³/mol. The molecule has 1 aromatic carbocycles. The zero-order valence-corrected chi connectivity index (χ0v) is 15.0. The number of hydrogen-bond acceptors (Lipinski definition) is 5. The molecule has 1 fully saturated rings. The number of aryl methyl sites for hydroxylation is 1. The Bertz CT molecular complexity index is 733. The van der Waals surface area contributed by atoms with Crippen LogP contribution < -0.4 is 11.1 Å². The number of rotatable bonds is 4. The van der Waals surface area contributed by atoms with Crippen molar-refractivity contribution in [2.24, 2.45) is 11.1 Å². The van der Waals surface area contributed by atoms with Crippen LogP contribution in [0.1, 0.15) is 18.7 Å². The Morgan fingerprint density at radius 2 is 2.08 bits per heavy atom. The maximum Gasteiger partial charge on any atom is 0.232 e. The summed E-state index contributed by atoms with van der Waals surface area (Å²) in [6.07, 6.45) is 3.04. The molecule has 1 saturated heterocycles. The Morgan fingerprint density at radius 3 is 2.76 bits per heavy atom. The average Bonchev–Trinajstić information content (AvgIpc) is 2.62. The number of carbonyl (C=O) groups excluding carboxylic acids is 1. The van der Waals surface area contributed by atoms with Gasteiger partial charge in [-0.1, -0.05) is 12.1 Å². The summed E-state index contributed by atoms with van der Waals surface area (Å²) in [7, 11) is 0. The SMILES string of the molecule is Cc1nccc(-c2cccc(NC(=O)C3(CN)CCOCC3)c2)n1.Cl. The van der Waals surface area contributed by atoms with Gasteiger partial charge in [0.2, 0.25) is 5.91 Å². The first-order valence-corrected chi connectivity index (χ1v) is 8.12. The highest BCUT2D eigenvalue weighted by Crippen LogP contribution is 2.31. The summed E-state index contributed by atoms with van der Waals surface area (Å²) in [6.45, 7) is 3.33. The number of halogens is 1. The lowest BCUT2D eigenvalue weighted by molar-refractivity contribution is -0.130. The summed E-state index contributed by atoms with van der Waals surface area (Å²) >= 11 is 0. The Hall–Kier alpha value is -2.02. The second-order valence-electron chi connectivity index (χ2n) is 6.12. The minimum atomic E-state index is -0.542. The molecule has 1 aromatic heterocycles. The maximum absolute atomic E-state index is 12.8. The fraction of sp³-hybridized carbons (Fsp3) is 0.389. The Labute approximate surface area is 153 Å². The first-order valence-electron chi connectivity index (χ1n) is 8.12. The molecule has 6 nitrogen and oxygen atoms in total. The van der Waals surface area contributed by atoms with Crippen molar-refractivity contribution in [1.29, 1.82) is 0 Å². The van der Waals surface area contributed by atoms with Gasteiger partial charge < -0.3 is 15.8 Å². The molecule has 0 bridgehead atoms. The van der Waals surface area contributed by atoms with E-state index in [2.05, 4.69) is 15.3 Å². The molecular weight excluding hydrogens is 340 g/mol. The number of amides is 1. The first kappa shape index (κ1) is 19.3. The molecule has 0 atom stereocenters. The zero-order chi connectivity index (χ0) is 17.0. The summed E-state index contributed by atoms with van der Waals surface area (Å²) in [5.74, 6) is 0.676. The normalized spacial score (nSPS) is 15.9. The topological polar surface area (TPSA) is 90.1 Å². The van der Waals surface area contributed by atoms with E-state index in [1.165, 1.54) is 0 Å². The van der Waals surface area contributed by atoms with E-state index in [1.807, 2.05) is 37.3 Å². The van der Waals surface area contributed by atoms with Crippen molar-refractivity contribution in [3.8, 4) is 11.3 Å². The van der Waals surface area contributed by atoms with Crippen LogP contribution in [-0.4, -0.2) is 35.6 Å². The highest BCUT2D eigenvalue weighted by molar-refractivity contribution is 5.96.